The molecule has 28 heavy (non-hydrogen) atoms. The Balaban J connectivity index is 1.61. The Morgan fingerprint density at radius 3 is 2.75 bits per heavy atom. The smallest absolute Gasteiger partial charge is 0.242 e. The van der Waals surface area contributed by atoms with Gasteiger partial charge in [0.05, 0.1) is 18.8 Å². The summed E-state index contributed by atoms with van der Waals surface area (Å²) in [4.78, 5) is 2.49. The normalized spacial score (nSPS) is 16.5. The van der Waals surface area contributed by atoms with E-state index in [4.69, 9.17) is 4.74 Å². The highest BCUT2D eigenvalue weighted by atomic mass is 32.2. The van der Waals surface area contributed by atoms with E-state index in [-0.39, 0.29) is 17.5 Å². The van der Waals surface area contributed by atoms with Crippen molar-refractivity contribution in [2.45, 2.75) is 23.8 Å². The summed E-state index contributed by atoms with van der Waals surface area (Å²) in [6, 6.07) is 12.8. The standard InChI is InChI=1S/C19H22N4O3S2/c1-26-15-7-4-6-14(12-15)17(23-10-2-3-11-23)13-20-28(24,25)18-9-5-8-16-19(18)22-27-21-16/h4-9,12,17,20H,2-3,10-11,13H2,1H3. The van der Waals surface area contributed by atoms with Crippen LogP contribution >= 0.6 is 11.7 Å². The maximum Gasteiger partial charge on any atom is 0.242 e. The average Bonchev–Trinajstić information content (AvgIpc) is 3.40. The number of hydrogen-bond acceptors (Lipinski definition) is 7. The molecule has 1 unspecified atom stereocenters. The Kier molecular flexibility index (Phi) is 5.58. The minimum Gasteiger partial charge on any atom is -0.497 e. The second kappa shape index (κ2) is 8.12. The molecule has 4 rings (SSSR count). The minimum absolute atomic E-state index is 0.0554. The molecular formula is C19H22N4O3S2. The number of methoxy groups -OCH3 is 1. The van der Waals surface area contributed by atoms with Gasteiger partial charge in [0.2, 0.25) is 10.0 Å². The molecule has 1 fully saturated rings. The number of ether oxygens (including phenoxy) is 1. The third-order valence-corrected chi connectivity index (χ3v) is 7.06. The molecule has 0 aliphatic carbocycles. The molecule has 3 aromatic rings. The van der Waals surface area contributed by atoms with Crippen molar-refractivity contribution < 1.29 is 13.2 Å². The Morgan fingerprint density at radius 1 is 1.18 bits per heavy atom. The first kappa shape index (κ1) is 19.3. The number of fused-ring (bicyclic) bond motifs is 1. The maximum absolute atomic E-state index is 13.0. The van der Waals surface area contributed by atoms with Crippen LogP contribution in [0.25, 0.3) is 11.0 Å². The quantitative estimate of drug-likeness (QED) is 0.635. The molecule has 0 saturated carbocycles. The average molecular weight is 419 g/mol. The minimum atomic E-state index is -3.71. The van der Waals surface area contributed by atoms with Gasteiger partial charge in [-0.2, -0.15) is 8.75 Å². The van der Waals surface area contributed by atoms with Gasteiger partial charge in [0, 0.05) is 12.6 Å². The fraction of sp³-hybridized carbons (Fsp3) is 0.368. The van der Waals surface area contributed by atoms with Crippen LogP contribution in [0.5, 0.6) is 5.75 Å². The second-order valence-electron chi connectivity index (χ2n) is 6.78. The zero-order chi connectivity index (χ0) is 19.6. The number of benzene rings is 2. The predicted octanol–water partition coefficient (Wildman–Crippen LogP) is 2.82. The van der Waals surface area contributed by atoms with E-state index in [9.17, 15) is 8.42 Å². The third-order valence-electron chi connectivity index (χ3n) is 5.07. The Labute approximate surface area is 168 Å². The first-order valence-corrected chi connectivity index (χ1v) is 11.4. The highest BCUT2D eigenvalue weighted by molar-refractivity contribution is 7.89. The van der Waals surface area contributed by atoms with E-state index in [0.29, 0.717) is 11.0 Å². The summed E-state index contributed by atoms with van der Waals surface area (Å²) in [5.41, 5.74) is 2.05. The largest absolute Gasteiger partial charge is 0.497 e. The van der Waals surface area contributed by atoms with E-state index >= 15 is 0 Å². The molecule has 1 saturated heterocycles. The summed E-state index contributed by atoms with van der Waals surface area (Å²) < 4.78 is 42.4. The summed E-state index contributed by atoms with van der Waals surface area (Å²) in [6.07, 6.45) is 2.24. The van der Waals surface area contributed by atoms with Crippen molar-refractivity contribution in [2.24, 2.45) is 0 Å². The number of rotatable bonds is 7. The first-order valence-electron chi connectivity index (χ1n) is 9.17. The predicted molar refractivity (Wildman–Crippen MR) is 109 cm³/mol. The van der Waals surface area contributed by atoms with Crippen LogP contribution in [0.3, 0.4) is 0 Å². The van der Waals surface area contributed by atoms with Gasteiger partial charge in [-0.05, 0) is 55.8 Å². The van der Waals surface area contributed by atoms with Crippen LogP contribution in [-0.2, 0) is 10.0 Å². The third kappa shape index (κ3) is 3.88. The molecule has 7 nitrogen and oxygen atoms in total. The van der Waals surface area contributed by atoms with Gasteiger partial charge in [-0.1, -0.05) is 18.2 Å². The van der Waals surface area contributed by atoms with Crippen molar-refractivity contribution in [3.05, 3.63) is 48.0 Å². The van der Waals surface area contributed by atoms with Crippen molar-refractivity contribution in [1.82, 2.24) is 18.4 Å². The number of likely N-dealkylation sites (tertiary alicyclic amines) is 1. The summed E-state index contributed by atoms with van der Waals surface area (Å²) in [5, 5.41) is 0. The van der Waals surface area contributed by atoms with E-state index in [1.165, 1.54) is 0 Å². The number of aromatic nitrogens is 2. The Hall–Kier alpha value is -2.07. The Bertz CT molecular complexity index is 1060. The lowest BCUT2D eigenvalue weighted by atomic mass is 10.1. The van der Waals surface area contributed by atoms with Gasteiger partial charge < -0.3 is 4.74 Å². The van der Waals surface area contributed by atoms with Gasteiger partial charge in [0.25, 0.3) is 0 Å². The van der Waals surface area contributed by atoms with Crippen molar-refractivity contribution in [2.75, 3.05) is 26.7 Å². The van der Waals surface area contributed by atoms with Gasteiger partial charge in [0.1, 0.15) is 21.7 Å². The summed E-state index contributed by atoms with van der Waals surface area (Å²) in [5.74, 6) is 0.767. The molecule has 2 heterocycles. The fourth-order valence-corrected chi connectivity index (χ4v) is 5.43. The number of sulfonamides is 1. The van der Waals surface area contributed by atoms with Crippen LogP contribution in [0.4, 0.5) is 0 Å². The lowest BCUT2D eigenvalue weighted by Gasteiger charge is -2.28. The van der Waals surface area contributed by atoms with Crippen molar-refractivity contribution >= 4 is 32.8 Å². The molecule has 1 aromatic heterocycles. The van der Waals surface area contributed by atoms with Crippen molar-refractivity contribution in [3.63, 3.8) is 0 Å². The monoisotopic (exact) mass is 418 g/mol. The topological polar surface area (TPSA) is 84.4 Å². The van der Waals surface area contributed by atoms with Crippen molar-refractivity contribution in [1.29, 1.82) is 0 Å². The van der Waals surface area contributed by atoms with Crippen molar-refractivity contribution in [3.8, 4) is 5.75 Å². The highest BCUT2D eigenvalue weighted by Crippen LogP contribution is 2.28. The molecule has 1 aliphatic rings. The van der Waals surface area contributed by atoms with Gasteiger partial charge in [-0.15, -0.1) is 0 Å². The van der Waals surface area contributed by atoms with Crippen LogP contribution < -0.4 is 9.46 Å². The van der Waals surface area contributed by atoms with E-state index in [1.807, 2.05) is 24.3 Å². The van der Waals surface area contributed by atoms with E-state index < -0.39 is 10.0 Å². The van der Waals surface area contributed by atoms with Gasteiger partial charge >= 0.3 is 0 Å². The molecule has 1 aliphatic heterocycles. The van der Waals surface area contributed by atoms with Gasteiger partial charge in [-0.25, -0.2) is 13.1 Å². The van der Waals surface area contributed by atoms with Crippen LogP contribution in [0.1, 0.15) is 24.4 Å². The lowest BCUT2D eigenvalue weighted by Crippen LogP contribution is -2.36. The zero-order valence-electron chi connectivity index (χ0n) is 15.5. The van der Waals surface area contributed by atoms with Gasteiger partial charge in [0.15, 0.2) is 0 Å². The number of hydrogen-bond donors (Lipinski definition) is 1. The molecule has 1 N–H and O–H groups in total. The van der Waals surface area contributed by atoms with Gasteiger partial charge in [-0.3, -0.25) is 4.90 Å². The van der Waals surface area contributed by atoms with E-state index in [0.717, 1.165) is 49.0 Å². The van der Waals surface area contributed by atoms with E-state index in [1.54, 1.807) is 25.3 Å². The SMILES string of the molecule is COc1cccc(C(CNS(=O)(=O)c2cccc3nsnc23)N2CCCC2)c1. The molecule has 0 radical (unpaired) electrons. The van der Waals surface area contributed by atoms with Crippen LogP contribution in [0.2, 0.25) is 0 Å². The summed E-state index contributed by atoms with van der Waals surface area (Å²) in [7, 11) is -2.07. The van der Waals surface area contributed by atoms with Crippen LogP contribution in [-0.4, -0.2) is 48.8 Å². The molecule has 148 valence electrons. The Morgan fingerprint density at radius 2 is 1.96 bits per heavy atom. The lowest BCUT2D eigenvalue weighted by molar-refractivity contribution is 0.246. The van der Waals surface area contributed by atoms with E-state index in [2.05, 4.69) is 18.4 Å². The molecule has 9 heteroatoms. The molecule has 1 atom stereocenters. The van der Waals surface area contributed by atoms with Crippen LogP contribution in [0.15, 0.2) is 47.4 Å². The molecule has 0 bridgehead atoms. The first-order chi connectivity index (χ1) is 13.6. The molecule has 2 aromatic carbocycles. The molecule has 0 amide bonds. The van der Waals surface area contributed by atoms with Crippen LogP contribution in [0, 0.1) is 0 Å². The summed E-state index contributed by atoms with van der Waals surface area (Å²) >= 11 is 1.01. The number of nitrogens with zero attached hydrogens (tertiary/aromatic N) is 3. The molecule has 0 spiro atoms. The highest BCUT2D eigenvalue weighted by Gasteiger charge is 2.27. The number of nitrogens with one attached hydrogen (secondary N) is 1. The summed E-state index contributed by atoms with van der Waals surface area (Å²) in [6.45, 7) is 2.19. The second-order valence-corrected chi connectivity index (χ2v) is 9.04. The zero-order valence-corrected chi connectivity index (χ0v) is 17.2. The molecular weight excluding hydrogens is 396 g/mol. The maximum atomic E-state index is 13.0. The fourth-order valence-electron chi connectivity index (χ4n) is 3.62.